The van der Waals surface area contributed by atoms with Crippen LogP contribution in [-0.4, -0.2) is 38.6 Å². The Bertz CT molecular complexity index is 113. The summed E-state index contributed by atoms with van der Waals surface area (Å²) in [6.07, 6.45) is 2.53. The van der Waals surface area contributed by atoms with E-state index >= 15 is 0 Å². The number of ether oxygens (including phenoxy) is 1. The van der Waals surface area contributed by atoms with Crippen LogP contribution in [-0.2, 0) is 9.53 Å². The predicted molar refractivity (Wildman–Crippen MR) is 44.4 cm³/mol. The van der Waals surface area contributed by atoms with E-state index in [2.05, 4.69) is 0 Å². The summed E-state index contributed by atoms with van der Waals surface area (Å²) in [5.74, 6) is 0.195. The number of carbonyl (C=O) groups is 1. The molecule has 0 atom stereocenters. The molecule has 0 bridgehead atoms. The van der Waals surface area contributed by atoms with Crippen molar-refractivity contribution in [2.75, 3.05) is 27.8 Å². The minimum Gasteiger partial charge on any atom is -0.385 e. The summed E-state index contributed by atoms with van der Waals surface area (Å²) in [7, 11) is 5.23. The Kier molecular flexibility index (Phi) is 5.84. The third-order valence-electron chi connectivity index (χ3n) is 1.49. The highest BCUT2D eigenvalue weighted by Crippen LogP contribution is 1.97. The number of hydrogen-bond acceptors (Lipinski definition) is 2. The number of unbranched alkanes of at least 4 members (excludes halogenated alkanes) is 1. The van der Waals surface area contributed by atoms with Gasteiger partial charge in [-0.1, -0.05) is 0 Å². The topological polar surface area (TPSA) is 29.5 Å². The maximum absolute atomic E-state index is 11.0. The molecule has 0 aliphatic carbocycles. The molecular weight excluding hydrogens is 142 g/mol. The van der Waals surface area contributed by atoms with Crippen LogP contribution in [0.2, 0.25) is 0 Å². The van der Waals surface area contributed by atoms with Crippen LogP contribution in [0, 0.1) is 0 Å². The second-order valence-corrected chi connectivity index (χ2v) is 2.74. The number of rotatable bonds is 5. The first-order valence-corrected chi connectivity index (χ1v) is 3.87. The lowest BCUT2D eigenvalue weighted by molar-refractivity contribution is -0.128. The summed E-state index contributed by atoms with van der Waals surface area (Å²) in [5, 5.41) is 0. The Balaban J connectivity index is 3.18. The fourth-order valence-corrected chi connectivity index (χ4v) is 0.746. The quantitative estimate of drug-likeness (QED) is 0.557. The fraction of sp³-hybridized carbons (Fsp3) is 0.875. The van der Waals surface area contributed by atoms with Crippen molar-refractivity contribution in [1.82, 2.24) is 4.90 Å². The van der Waals surface area contributed by atoms with Gasteiger partial charge in [0, 0.05) is 34.2 Å². The highest BCUT2D eigenvalue weighted by Gasteiger charge is 2.01. The normalized spacial score (nSPS) is 9.73. The highest BCUT2D eigenvalue weighted by atomic mass is 16.5. The van der Waals surface area contributed by atoms with Crippen LogP contribution in [0.25, 0.3) is 0 Å². The zero-order valence-corrected chi connectivity index (χ0v) is 7.59. The summed E-state index contributed by atoms with van der Waals surface area (Å²) >= 11 is 0. The Morgan fingerprint density at radius 2 is 2.00 bits per heavy atom. The molecule has 0 radical (unpaired) electrons. The number of hydrogen-bond donors (Lipinski definition) is 0. The standard InChI is InChI=1S/C8H17NO2/c1-9(2)8(10)6-4-5-7-11-3/h4-7H2,1-3H3. The van der Waals surface area contributed by atoms with Crippen LogP contribution in [0.3, 0.4) is 0 Å². The Morgan fingerprint density at radius 3 is 2.45 bits per heavy atom. The summed E-state index contributed by atoms with van der Waals surface area (Å²) in [4.78, 5) is 12.6. The molecule has 0 aromatic heterocycles. The first kappa shape index (κ1) is 10.4. The third kappa shape index (κ3) is 5.85. The van der Waals surface area contributed by atoms with Crippen LogP contribution in [0.5, 0.6) is 0 Å². The molecule has 0 aliphatic rings. The van der Waals surface area contributed by atoms with Crippen molar-refractivity contribution in [1.29, 1.82) is 0 Å². The van der Waals surface area contributed by atoms with Gasteiger partial charge in [-0.25, -0.2) is 0 Å². The maximum Gasteiger partial charge on any atom is 0.222 e. The van der Waals surface area contributed by atoms with Crippen LogP contribution >= 0.6 is 0 Å². The molecule has 0 spiro atoms. The molecule has 0 aromatic carbocycles. The molecule has 0 rings (SSSR count). The van der Waals surface area contributed by atoms with Gasteiger partial charge in [0.15, 0.2) is 0 Å². The van der Waals surface area contributed by atoms with E-state index in [-0.39, 0.29) is 5.91 Å². The summed E-state index contributed by atoms with van der Waals surface area (Å²) in [6, 6.07) is 0. The van der Waals surface area contributed by atoms with Gasteiger partial charge in [-0.3, -0.25) is 4.79 Å². The Hall–Kier alpha value is -0.570. The van der Waals surface area contributed by atoms with Crippen molar-refractivity contribution >= 4 is 5.91 Å². The zero-order valence-electron chi connectivity index (χ0n) is 7.59. The Labute approximate surface area is 68.3 Å². The molecule has 0 aliphatic heterocycles. The van der Waals surface area contributed by atoms with Crippen LogP contribution in [0.15, 0.2) is 0 Å². The molecule has 3 heteroatoms. The van der Waals surface area contributed by atoms with Gasteiger partial charge < -0.3 is 9.64 Å². The largest absolute Gasteiger partial charge is 0.385 e. The van der Waals surface area contributed by atoms with E-state index in [4.69, 9.17) is 4.74 Å². The van der Waals surface area contributed by atoms with Crippen molar-refractivity contribution in [3.8, 4) is 0 Å². The van der Waals surface area contributed by atoms with Crippen molar-refractivity contribution < 1.29 is 9.53 Å². The first-order chi connectivity index (χ1) is 5.18. The number of nitrogens with zero attached hydrogens (tertiary/aromatic N) is 1. The summed E-state index contributed by atoms with van der Waals surface area (Å²) < 4.78 is 4.86. The fourth-order valence-electron chi connectivity index (χ4n) is 0.746. The van der Waals surface area contributed by atoms with Crippen LogP contribution in [0.4, 0.5) is 0 Å². The van der Waals surface area contributed by atoms with Crippen LogP contribution < -0.4 is 0 Å². The lowest BCUT2D eigenvalue weighted by Crippen LogP contribution is -2.21. The van der Waals surface area contributed by atoms with Crippen molar-refractivity contribution in [3.63, 3.8) is 0 Å². The second-order valence-electron chi connectivity index (χ2n) is 2.74. The van der Waals surface area contributed by atoms with Gasteiger partial charge >= 0.3 is 0 Å². The molecule has 0 saturated heterocycles. The van der Waals surface area contributed by atoms with E-state index in [1.54, 1.807) is 26.1 Å². The van der Waals surface area contributed by atoms with E-state index in [0.29, 0.717) is 6.42 Å². The number of amides is 1. The van der Waals surface area contributed by atoms with E-state index in [1.165, 1.54) is 0 Å². The maximum atomic E-state index is 11.0. The predicted octanol–water partition coefficient (Wildman–Crippen LogP) is 0.891. The third-order valence-corrected chi connectivity index (χ3v) is 1.49. The van der Waals surface area contributed by atoms with Gasteiger partial charge in [-0.2, -0.15) is 0 Å². The molecule has 0 aromatic rings. The molecule has 0 saturated carbocycles. The average molecular weight is 159 g/mol. The SMILES string of the molecule is COCCCCC(=O)N(C)C. The lowest BCUT2D eigenvalue weighted by atomic mass is 10.2. The zero-order chi connectivity index (χ0) is 8.69. The second kappa shape index (κ2) is 6.16. The van der Waals surface area contributed by atoms with Gasteiger partial charge in [0.1, 0.15) is 0 Å². The molecule has 1 amide bonds. The minimum atomic E-state index is 0.195. The van der Waals surface area contributed by atoms with Gasteiger partial charge in [-0.15, -0.1) is 0 Å². The Morgan fingerprint density at radius 1 is 1.36 bits per heavy atom. The average Bonchev–Trinajstić information content (AvgIpc) is 1.97. The molecule has 0 N–H and O–H groups in total. The van der Waals surface area contributed by atoms with Gasteiger partial charge in [0.2, 0.25) is 5.91 Å². The van der Waals surface area contributed by atoms with E-state index in [1.807, 2.05) is 0 Å². The van der Waals surface area contributed by atoms with Crippen molar-refractivity contribution in [3.05, 3.63) is 0 Å². The molecule has 3 nitrogen and oxygen atoms in total. The van der Waals surface area contributed by atoms with Gasteiger partial charge in [0.25, 0.3) is 0 Å². The van der Waals surface area contributed by atoms with Gasteiger partial charge in [-0.05, 0) is 12.8 Å². The molecule has 11 heavy (non-hydrogen) atoms. The van der Waals surface area contributed by atoms with E-state index < -0.39 is 0 Å². The summed E-state index contributed by atoms with van der Waals surface area (Å²) in [6.45, 7) is 0.751. The minimum absolute atomic E-state index is 0.195. The highest BCUT2D eigenvalue weighted by molar-refractivity contribution is 5.75. The number of methoxy groups -OCH3 is 1. The molecular formula is C8H17NO2. The molecule has 66 valence electrons. The van der Waals surface area contributed by atoms with Crippen molar-refractivity contribution in [2.45, 2.75) is 19.3 Å². The smallest absolute Gasteiger partial charge is 0.222 e. The lowest BCUT2D eigenvalue weighted by Gasteiger charge is -2.08. The molecule has 0 unspecified atom stereocenters. The van der Waals surface area contributed by atoms with Crippen LogP contribution in [0.1, 0.15) is 19.3 Å². The van der Waals surface area contributed by atoms with Crippen molar-refractivity contribution in [2.24, 2.45) is 0 Å². The summed E-state index contributed by atoms with van der Waals surface area (Å²) in [5.41, 5.74) is 0. The van der Waals surface area contributed by atoms with Gasteiger partial charge in [0.05, 0.1) is 0 Å². The van der Waals surface area contributed by atoms with E-state index in [9.17, 15) is 4.79 Å². The molecule has 0 heterocycles. The van der Waals surface area contributed by atoms with E-state index in [0.717, 1.165) is 19.4 Å². The monoisotopic (exact) mass is 159 g/mol. The first-order valence-electron chi connectivity index (χ1n) is 3.87. The number of carbonyl (C=O) groups excluding carboxylic acids is 1. The molecule has 0 fully saturated rings.